The van der Waals surface area contributed by atoms with Gasteiger partial charge in [0.1, 0.15) is 23.7 Å². The molecular weight excluding hydrogens is 642 g/mol. The summed E-state index contributed by atoms with van der Waals surface area (Å²) in [5.41, 5.74) is 5.75. The molecule has 19 heteroatoms. The summed E-state index contributed by atoms with van der Waals surface area (Å²) in [4.78, 5) is 72.0. The Morgan fingerprint density at radius 1 is 1.33 bits per heavy atom. The highest BCUT2D eigenvalue weighted by molar-refractivity contribution is 8.00. The van der Waals surface area contributed by atoms with Crippen molar-refractivity contribution in [3.8, 4) is 0 Å². The predicted molar refractivity (Wildman–Crippen MR) is 163 cm³/mol. The normalized spacial score (nSPS) is 25.1. The molecular formula is C27H35N9O8S2. The van der Waals surface area contributed by atoms with Crippen LogP contribution in [0.1, 0.15) is 25.1 Å². The maximum absolute atomic E-state index is 13.8. The molecule has 3 saturated heterocycles. The van der Waals surface area contributed by atoms with E-state index in [1.807, 2.05) is 26.0 Å². The lowest BCUT2D eigenvalue weighted by molar-refractivity contribution is -0.873. The van der Waals surface area contributed by atoms with Crippen LogP contribution in [0.4, 0.5) is 5.13 Å². The molecule has 0 bridgehead atoms. The smallest absolute Gasteiger partial charge is 0.355 e. The van der Waals surface area contributed by atoms with Gasteiger partial charge in [0.15, 0.2) is 11.2 Å². The minimum atomic E-state index is -1.40. The number of anilines is 1. The van der Waals surface area contributed by atoms with Crippen LogP contribution in [0.3, 0.4) is 0 Å². The van der Waals surface area contributed by atoms with E-state index in [9.17, 15) is 34.3 Å². The molecule has 0 spiro atoms. The maximum Gasteiger partial charge on any atom is 0.355 e. The number of rotatable bonds is 11. The maximum atomic E-state index is 13.8. The number of nitrogen functional groups attached to an aromatic ring is 1. The van der Waals surface area contributed by atoms with Crippen molar-refractivity contribution >= 4 is 63.8 Å². The summed E-state index contributed by atoms with van der Waals surface area (Å²) in [7, 11) is 5.42. The zero-order valence-corrected chi connectivity index (χ0v) is 27.1. The molecule has 3 fully saturated rings. The van der Waals surface area contributed by atoms with Crippen LogP contribution < -0.4 is 21.5 Å². The van der Waals surface area contributed by atoms with E-state index in [0.29, 0.717) is 30.7 Å². The quantitative estimate of drug-likeness (QED) is 0.0354. The summed E-state index contributed by atoms with van der Waals surface area (Å²) in [5.74, 6) is -4.12. The highest BCUT2D eigenvalue weighted by Crippen LogP contribution is 2.42. The minimum absolute atomic E-state index is 0.0404. The number of allylic oxidation sites excluding steroid dienone is 1. The van der Waals surface area contributed by atoms with Gasteiger partial charge in [-0.1, -0.05) is 5.16 Å². The van der Waals surface area contributed by atoms with Crippen molar-refractivity contribution in [2.75, 3.05) is 58.8 Å². The van der Waals surface area contributed by atoms with Gasteiger partial charge in [0.2, 0.25) is 17.4 Å². The van der Waals surface area contributed by atoms with E-state index in [0.717, 1.165) is 24.5 Å². The van der Waals surface area contributed by atoms with Crippen LogP contribution in [-0.4, -0.2) is 141 Å². The molecule has 0 aromatic carbocycles. The third-order valence-electron chi connectivity index (χ3n) is 7.85. The molecule has 5 rings (SSSR count). The molecule has 4 aliphatic heterocycles. The second-order valence-electron chi connectivity index (χ2n) is 12.3. The van der Waals surface area contributed by atoms with Gasteiger partial charge in [-0.2, -0.15) is 9.36 Å². The molecule has 3 amide bonds. The SMILES string of the molecule is C[N+](C)(C)CC(CC(=O)[O-])OC(=O)C1=C(/C=C2\CCN([C@@H]3CCNC3)C2=O)CS[C@@H]2[C@H](NC(=O)/C(=N\O)c3nsc(N)n3)C(=O)N12. The van der Waals surface area contributed by atoms with Crippen molar-refractivity contribution in [1.29, 1.82) is 0 Å². The Kier molecular flexibility index (Phi) is 9.66. The number of oxime groups is 1. The van der Waals surface area contributed by atoms with Gasteiger partial charge in [-0.25, -0.2) is 4.79 Å². The Bertz CT molecular complexity index is 1530. The number of fused-ring (bicyclic) bond motifs is 1. The standard InChI is InChI=1S/C27H35N9O8S2/c1-36(2,3)11-16(9-17(37)38)44-26(42)20-14(8-13-5-7-34(23(13)40)15-4-6-29-10-15)12-45-25-19(24(41)35(20)25)30-22(39)18(32-43)21-31-27(28)46-33-21/h8,15-16,19,25,29H,4-7,9-12H2,1-3H3,(H4-,28,30,31,33,37,38,39,43)/b13-8+/t15-,16?,19-,25-/m1/s1. The highest BCUT2D eigenvalue weighted by Gasteiger charge is 2.55. The second kappa shape index (κ2) is 13.3. The summed E-state index contributed by atoms with van der Waals surface area (Å²) in [6, 6.07) is -1.04. The number of esters is 1. The number of likely N-dealkylation sites (tertiary alicyclic amines) is 1. The highest BCUT2D eigenvalue weighted by atomic mass is 32.2. The summed E-state index contributed by atoms with van der Waals surface area (Å²) in [6.07, 6.45) is 1.28. The lowest BCUT2D eigenvalue weighted by Gasteiger charge is -2.49. The number of carboxylic acids is 1. The van der Waals surface area contributed by atoms with Crippen LogP contribution in [0.2, 0.25) is 0 Å². The molecule has 0 saturated carbocycles. The summed E-state index contributed by atoms with van der Waals surface area (Å²) < 4.78 is 9.84. The third kappa shape index (κ3) is 7.01. The van der Waals surface area contributed by atoms with E-state index in [2.05, 4.69) is 25.1 Å². The van der Waals surface area contributed by atoms with Crippen molar-refractivity contribution in [3.05, 3.63) is 28.7 Å². The number of aliphatic carboxylic acids is 1. The average molecular weight is 678 g/mol. The number of hydrogen-bond donors (Lipinski definition) is 4. The molecule has 248 valence electrons. The number of hydrogen-bond acceptors (Lipinski definition) is 15. The number of carbonyl (C=O) groups excluding carboxylic acids is 5. The Morgan fingerprint density at radius 3 is 2.70 bits per heavy atom. The Morgan fingerprint density at radius 2 is 2.09 bits per heavy atom. The molecule has 0 radical (unpaired) electrons. The number of nitrogens with two attached hydrogens (primary N) is 1. The second-order valence-corrected chi connectivity index (χ2v) is 14.2. The van der Waals surface area contributed by atoms with Gasteiger partial charge in [-0.3, -0.25) is 19.3 Å². The van der Waals surface area contributed by atoms with E-state index in [-0.39, 0.29) is 45.4 Å². The average Bonchev–Trinajstić information content (AvgIpc) is 3.73. The Hall–Kier alpha value is -4.07. The molecule has 17 nitrogen and oxygen atoms in total. The monoisotopic (exact) mass is 677 g/mol. The van der Waals surface area contributed by atoms with E-state index < -0.39 is 53.4 Å². The van der Waals surface area contributed by atoms with Crippen LogP contribution in [-0.2, 0) is 28.7 Å². The van der Waals surface area contributed by atoms with Crippen LogP contribution >= 0.6 is 23.3 Å². The number of thioether (sulfide) groups is 1. The topological polar surface area (TPSA) is 233 Å². The van der Waals surface area contributed by atoms with Crippen LogP contribution in [0, 0.1) is 0 Å². The van der Waals surface area contributed by atoms with Crippen LogP contribution in [0.25, 0.3) is 0 Å². The van der Waals surface area contributed by atoms with Gasteiger partial charge in [-0.05, 0) is 31.0 Å². The van der Waals surface area contributed by atoms with E-state index >= 15 is 0 Å². The molecule has 1 unspecified atom stereocenters. The number of aromatic nitrogens is 2. The molecule has 5 heterocycles. The first-order valence-corrected chi connectivity index (χ1v) is 16.3. The molecule has 1 aromatic rings. The van der Waals surface area contributed by atoms with Gasteiger partial charge >= 0.3 is 5.97 Å². The lowest BCUT2D eigenvalue weighted by atomic mass is 10.0. The molecule has 5 N–H and O–H groups in total. The molecule has 46 heavy (non-hydrogen) atoms. The fourth-order valence-electron chi connectivity index (χ4n) is 5.86. The first kappa shape index (κ1) is 33.3. The summed E-state index contributed by atoms with van der Waals surface area (Å²) in [5, 5.41) is 29.0. The first-order valence-electron chi connectivity index (χ1n) is 14.5. The van der Waals surface area contributed by atoms with E-state index in [1.165, 1.54) is 16.7 Å². The molecule has 4 aliphatic rings. The first-order chi connectivity index (χ1) is 21.8. The predicted octanol–water partition coefficient (Wildman–Crippen LogP) is -2.77. The van der Waals surface area contributed by atoms with Crippen LogP contribution in [0.5, 0.6) is 0 Å². The fraction of sp³-hybridized carbons (Fsp3) is 0.556. The van der Waals surface area contributed by atoms with Gasteiger partial charge in [0, 0.05) is 54.4 Å². The van der Waals surface area contributed by atoms with E-state index in [1.54, 1.807) is 6.08 Å². The van der Waals surface area contributed by atoms with Gasteiger partial charge in [-0.15, -0.1) is 11.8 Å². The van der Waals surface area contributed by atoms with Gasteiger partial charge < -0.3 is 45.6 Å². The number of β-lactam (4-membered cyclic amide) rings is 1. The Balaban J connectivity index is 1.43. The van der Waals surface area contributed by atoms with Crippen LogP contribution in [0.15, 0.2) is 28.1 Å². The molecule has 0 aliphatic carbocycles. The van der Waals surface area contributed by atoms with Crippen molar-refractivity contribution in [2.45, 2.75) is 42.8 Å². The van der Waals surface area contributed by atoms with Gasteiger partial charge in [0.25, 0.3) is 11.8 Å². The number of amides is 3. The molecule has 4 atom stereocenters. The molecule has 1 aromatic heterocycles. The minimum Gasteiger partial charge on any atom is -0.550 e. The largest absolute Gasteiger partial charge is 0.550 e. The van der Waals surface area contributed by atoms with Crippen molar-refractivity contribution in [3.63, 3.8) is 0 Å². The fourth-order valence-corrected chi connectivity index (χ4v) is 7.60. The van der Waals surface area contributed by atoms with Crippen molar-refractivity contribution in [2.24, 2.45) is 5.16 Å². The number of quaternary nitrogens is 1. The number of carbonyl (C=O) groups is 5. The van der Waals surface area contributed by atoms with Crippen molar-refractivity contribution < 1.29 is 43.5 Å². The zero-order valence-electron chi connectivity index (χ0n) is 25.4. The Labute approximate surface area is 272 Å². The summed E-state index contributed by atoms with van der Waals surface area (Å²) >= 11 is 2.04. The van der Waals surface area contributed by atoms with Gasteiger partial charge in [0.05, 0.1) is 21.1 Å². The number of carboxylic acid groups (broad SMARTS) is 1. The van der Waals surface area contributed by atoms with Crippen molar-refractivity contribution in [1.82, 2.24) is 29.8 Å². The number of nitrogens with zero attached hydrogens (tertiary/aromatic N) is 6. The van der Waals surface area contributed by atoms with E-state index in [4.69, 9.17) is 10.5 Å². The number of nitrogens with one attached hydrogen (secondary N) is 2. The number of ether oxygens (including phenoxy) is 1. The lowest BCUT2D eigenvalue weighted by Crippen LogP contribution is -2.71. The number of likely N-dealkylation sites (N-methyl/N-ethyl adjacent to an activating group) is 1. The zero-order chi connectivity index (χ0) is 33.3. The third-order valence-corrected chi connectivity index (χ3v) is 9.69. The summed E-state index contributed by atoms with van der Waals surface area (Å²) in [6.45, 7) is 2.20.